The summed E-state index contributed by atoms with van der Waals surface area (Å²) in [6.07, 6.45) is 8.92. The van der Waals surface area contributed by atoms with E-state index in [0.29, 0.717) is 30.1 Å². The summed E-state index contributed by atoms with van der Waals surface area (Å²) in [4.78, 5) is 38.7. The second kappa shape index (κ2) is 13.1. The van der Waals surface area contributed by atoms with E-state index in [9.17, 15) is 19.5 Å². The van der Waals surface area contributed by atoms with Crippen LogP contribution < -0.4 is 5.63 Å². The Balaban J connectivity index is 2.08. The third kappa shape index (κ3) is 8.13. The zero-order valence-corrected chi connectivity index (χ0v) is 21.4. The molecule has 0 bridgehead atoms. The first-order valence-corrected chi connectivity index (χ1v) is 12.3. The molecule has 0 aromatic carbocycles. The Hall–Kier alpha value is -2.93. The van der Waals surface area contributed by atoms with Crippen LogP contribution in [0.1, 0.15) is 85.2 Å². The summed E-state index contributed by atoms with van der Waals surface area (Å²) in [7, 11) is 1.34. The lowest BCUT2D eigenvalue weighted by Gasteiger charge is -2.11. The van der Waals surface area contributed by atoms with E-state index in [4.69, 9.17) is 4.42 Å². The molecule has 0 amide bonds. The zero-order valence-electron chi connectivity index (χ0n) is 20.6. The van der Waals surface area contributed by atoms with Gasteiger partial charge in [-0.1, -0.05) is 32.9 Å². The standard InChI is InChI=1S/C27H34O6S/c1-17(2)11-12-20-13-14-21(34-20)15-19(4)26(30)25-22(28)16-23(33-27(25)31)18(3)9-7-6-8-10-24(29)32-5/h6,8,13-18,28H,7,9-12H2,1-5H3. The molecule has 184 valence electrons. The van der Waals surface area contributed by atoms with Crippen LogP contribution in [-0.2, 0) is 16.0 Å². The molecule has 0 radical (unpaired) electrons. The monoisotopic (exact) mass is 486 g/mol. The van der Waals surface area contributed by atoms with Crippen LogP contribution in [0.15, 0.2) is 45.1 Å². The highest BCUT2D eigenvalue weighted by Gasteiger charge is 2.22. The summed E-state index contributed by atoms with van der Waals surface area (Å²) in [6.45, 7) is 7.87. The van der Waals surface area contributed by atoms with Crippen molar-refractivity contribution in [2.24, 2.45) is 5.92 Å². The van der Waals surface area contributed by atoms with E-state index in [1.807, 2.05) is 19.1 Å². The van der Waals surface area contributed by atoms with Crippen LogP contribution in [0, 0.1) is 5.92 Å². The topological polar surface area (TPSA) is 93.8 Å². The molecule has 0 aliphatic heterocycles. The maximum Gasteiger partial charge on any atom is 0.351 e. The lowest BCUT2D eigenvalue weighted by atomic mass is 9.99. The number of Topliss-reactive ketones (excluding diaryl/α,β-unsaturated/α-hetero) is 1. The van der Waals surface area contributed by atoms with Crippen LogP contribution in [0.25, 0.3) is 6.08 Å². The second-order valence-electron chi connectivity index (χ2n) is 8.82. The fraction of sp³-hybridized carbons (Fsp3) is 0.444. The minimum Gasteiger partial charge on any atom is -0.507 e. The van der Waals surface area contributed by atoms with E-state index in [2.05, 4.69) is 24.7 Å². The molecular weight excluding hydrogens is 452 g/mol. The number of ether oxygens (including phenoxy) is 1. The molecule has 0 saturated carbocycles. The van der Waals surface area contributed by atoms with Gasteiger partial charge in [0.2, 0.25) is 0 Å². The van der Waals surface area contributed by atoms with Crippen molar-refractivity contribution in [3.8, 4) is 5.75 Å². The third-order valence-electron chi connectivity index (χ3n) is 5.48. The normalized spacial score (nSPS) is 12.9. The first-order chi connectivity index (χ1) is 16.1. The number of carbonyl (C=O) groups excluding carboxylic acids is 2. The SMILES string of the molecule is COC(=O)CC=CCCC(C)c1cc(O)c(C(=O)C(C)=Cc2ccc(CCC(C)C)s2)c(=O)o1. The fourth-order valence-corrected chi connectivity index (χ4v) is 4.36. The highest BCUT2D eigenvalue weighted by molar-refractivity contribution is 7.12. The van der Waals surface area contributed by atoms with Crippen LogP contribution in [0.3, 0.4) is 0 Å². The minimum atomic E-state index is -0.843. The first-order valence-electron chi connectivity index (χ1n) is 11.5. The van der Waals surface area contributed by atoms with Gasteiger partial charge in [-0.15, -0.1) is 11.3 Å². The van der Waals surface area contributed by atoms with Gasteiger partial charge < -0.3 is 14.3 Å². The molecule has 0 saturated heterocycles. The third-order valence-corrected chi connectivity index (χ3v) is 6.57. The summed E-state index contributed by atoms with van der Waals surface area (Å²) in [5.41, 5.74) is -0.833. The molecular formula is C27H34O6S. The minimum absolute atomic E-state index is 0.155. The summed E-state index contributed by atoms with van der Waals surface area (Å²) in [6, 6.07) is 5.37. The number of ketones is 1. The van der Waals surface area contributed by atoms with Crippen molar-refractivity contribution in [2.45, 2.75) is 65.7 Å². The number of aryl methyl sites for hydroxylation is 1. The number of aromatic hydroxyl groups is 1. The Kier molecular flexibility index (Phi) is 10.5. The van der Waals surface area contributed by atoms with E-state index in [1.165, 1.54) is 18.1 Å². The van der Waals surface area contributed by atoms with Gasteiger partial charge in [-0.25, -0.2) is 4.79 Å². The molecule has 1 atom stereocenters. The van der Waals surface area contributed by atoms with E-state index < -0.39 is 11.4 Å². The summed E-state index contributed by atoms with van der Waals surface area (Å²) < 4.78 is 9.96. The van der Waals surface area contributed by atoms with Gasteiger partial charge in [-0.2, -0.15) is 0 Å². The average molecular weight is 487 g/mol. The maximum atomic E-state index is 12.9. The van der Waals surface area contributed by atoms with Crippen molar-refractivity contribution in [1.29, 1.82) is 0 Å². The number of hydrogen-bond acceptors (Lipinski definition) is 7. The first kappa shape index (κ1) is 27.3. The Morgan fingerprint density at radius 2 is 1.91 bits per heavy atom. The summed E-state index contributed by atoms with van der Waals surface area (Å²) in [5, 5.41) is 10.5. The molecule has 0 fully saturated rings. The van der Waals surface area contributed by atoms with Gasteiger partial charge in [-0.3, -0.25) is 9.59 Å². The van der Waals surface area contributed by atoms with Crippen molar-refractivity contribution in [3.63, 3.8) is 0 Å². The predicted octanol–water partition coefficient (Wildman–Crippen LogP) is 6.28. The Bertz CT molecular complexity index is 1100. The second-order valence-corrected chi connectivity index (χ2v) is 10.0. The van der Waals surface area contributed by atoms with Gasteiger partial charge in [0.15, 0.2) is 5.78 Å². The van der Waals surface area contributed by atoms with Crippen molar-refractivity contribution in [2.75, 3.05) is 7.11 Å². The van der Waals surface area contributed by atoms with Crippen molar-refractivity contribution >= 4 is 29.2 Å². The Morgan fingerprint density at radius 3 is 2.56 bits per heavy atom. The molecule has 2 aromatic rings. The largest absolute Gasteiger partial charge is 0.507 e. The van der Waals surface area contributed by atoms with Gasteiger partial charge in [0.1, 0.15) is 17.1 Å². The lowest BCUT2D eigenvalue weighted by molar-refractivity contribution is -0.139. The molecule has 2 aromatic heterocycles. The number of esters is 1. The Morgan fingerprint density at radius 1 is 1.18 bits per heavy atom. The van der Waals surface area contributed by atoms with E-state index in [-0.39, 0.29) is 29.6 Å². The lowest BCUT2D eigenvalue weighted by Crippen LogP contribution is -2.16. The van der Waals surface area contributed by atoms with E-state index in [1.54, 1.807) is 30.4 Å². The molecule has 2 heterocycles. The fourth-order valence-electron chi connectivity index (χ4n) is 3.33. The summed E-state index contributed by atoms with van der Waals surface area (Å²) >= 11 is 1.62. The van der Waals surface area contributed by atoms with Crippen LogP contribution in [0.5, 0.6) is 5.75 Å². The molecule has 2 rings (SSSR count). The number of hydrogen-bond donors (Lipinski definition) is 1. The van der Waals surface area contributed by atoms with Crippen LogP contribution >= 0.6 is 11.3 Å². The number of thiophene rings is 1. The number of rotatable bonds is 12. The molecule has 0 spiro atoms. The van der Waals surface area contributed by atoms with E-state index >= 15 is 0 Å². The number of carbonyl (C=O) groups is 2. The van der Waals surface area contributed by atoms with Gasteiger partial charge in [0.25, 0.3) is 0 Å². The zero-order chi connectivity index (χ0) is 25.3. The smallest absolute Gasteiger partial charge is 0.351 e. The highest BCUT2D eigenvalue weighted by Crippen LogP contribution is 2.27. The molecule has 34 heavy (non-hydrogen) atoms. The number of methoxy groups -OCH3 is 1. The quantitative estimate of drug-likeness (QED) is 0.164. The van der Waals surface area contributed by atoms with Gasteiger partial charge >= 0.3 is 11.6 Å². The number of allylic oxidation sites excluding steroid dienone is 2. The van der Waals surface area contributed by atoms with Crippen LogP contribution in [-0.4, -0.2) is 24.0 Å². The summed E-state index contributed by atoms with van der Waals surface area (Å²) in [5.74, 6) is -0.447. The van der Waals surface area contributed by atoms with Gasteiger partial charge in [-0.05, 0) is 62.3 Å². The van der Waals surface area contributed by atoms with Crippen LogP contribution in [0.2, 0.25) is 0 Å². The molecule has 7 heteroatoms. The molecule has 0 aliphatic rings. The predicted molar refractivity (Wildman–Crippen MR) is 136 cm³/mol. The highest BCUT2D eigenvalue weighted by atomic mass is 32.1. The van der Waals surface area contributed by atoms with Crippen molar-refractivity contribution in [3.05, 3.63) is 67.4 Å². The van der Waals surface area contributed by atoms with Crippen molar-refractivity contribution < 1.29 is 23.8 Å². The van der Waals surface area contributed by atoms with Crippen molar-refractivity contribution in [1.82, 2.24) is 0 Å². The van der Waals surface area contributed by atoms with Crippen LogP contribution in [0.4, 0.5) is 0 Å². The molecule has 1 unspecified atom stereocenters. The maximum absolute atomic E-state index is 12.9. The van der Waals surface area contributed by atoms with E-state index in [0.717, 1.165) is 17.7 Å². The molecule has 0 aliphatic carbocycles. The average Bonchev–Trinajstić information content (AvgIpc) is 3.23. The Labute approximate surface area is 205 Å². The molecule has 1 N–H and O–H groups in total. The molecule has 6 nitrogen and oxygen atoms in total. The van der Waals surface area contributed by atoms with Gasteiger partial charge in [0, 0.05) is 21.7 Å². The van der Waals surface area contributed by atoms with Gasteiger partial charge in [0.05, 0.1) is 13.5 Å².